The van der Waals surface area contributed by atoms with Gasteiger partial charge in [-0.2, -0.15) is 0 Å². The third-order valence-corrected chi connectivity index (χ3v) is 1.97. The van der Waals surface area contributed by atoms with Crippen molar-refractivity contribution in [1.29, 1.82) is 0 Å². The van der Waals surface area contributed by atoms with Crippen molar-refractivity contribution in [3.05, 3.63) is 29.3 Å². The molecule has 0 aromatic heterocycles. The van der Waals surface area contributed by atoms with Crippen molar-refractivity contribution in [1.82, 2.24) is 5.32 Å². The van der Waals surface area contributed by atoms with Crippen LogP contribution in [0.15, 0.2) is 24.3 Å². The van der Waals surface area contributed by atoms with E-state index in [0.29, 0.717) is 17.3 Å². The molecule has 0 unspecified atom stereocenters. The minimum absolute atomic E-state index is 0.0281. The van der Waals surface area contributed by atoms with E-state index in [1.807, 2.05) is 6.92 Å². The van der Waals surface area contributed by atoms with E-state index in [-0.39, 0.29) is 12.5 Å². The second kappa shape index (κ2) is 6.30. The summed E-state index contributed by atoms with van der Waals surface area (Å²) in [6.07, 6.45) is 0.920. The maximum absolute atomic E-state index is 11.2. The number of benzene rings is 1. The van der Waals surface area contributed by atoms with Crippen molar-refractivity contribution in [2.24, 2.45) is 0 Å². The Balaban J connectivity index is 2.33. The molecule has 15 heavy (non-hydrogen) atoms. The first-order valence-corrected chi connectivity index (χ1v) is 5.25. The lowest BCUT2D eigenvalue weighted by Crippen LogP contribution is -2.29. The van der Waals surface area contributed by atoms with Crippen molar-refractivity contribution in [2.45, 2.75) is 13.3 Å². The molecule has 1 aromatic carbocycles. The number of carbonyl (C=O) groups is 1. The second-order valence-electron chi connectivity index (χ2n) is 3.10. The van der Waals surface area contributed by atoms with Crippen LogP contribution in [0.25, 0.3) is 0 Å². The van der Waals surface area contributed by atoms with Crippen LogP contribution in [0.2, 0.25) is 5.02 Å². The van der Waals surface area contributed by atoms with Crippen LogP contribution in [-0.2, 0) is 4.79 Å². The fourth-order valence-electron chi connectivity index (χ4n) is 1.02. The molecule has 82 valence electrons. The van der Waals surface area contributed by atoms with Gasteiger partial charge in [0.2, 0.25) is 0 Å². The third kappa shape index (κ3) is 4.70. The van der Waals surface area contributed by atoms with Crippen LogP contribution in [0, 0.1) is 0 Å². The van der Waals surface area contributed by atoms with E-state index in [4.69, 9.17) is 16.3 Å². The predicted molar refractivity (Wildman–Crippen MR) is 60.2 cm³/mol. The average Bonchev–Trinajstić information content (AvgIpc) is 2.23. The van der Waals surface area contributed by atoms with Gasteiger partial charge in [-0.25, -0.2) is 0 Å². The minimum atomic E-state index is -0.114. The Bertz CT molecular complexity index is 328. The van der Waals surface area contributed by atoms with E-state index in [1.54, 1.807) is 24.3 Å². The highest BCUT2D eigenvalue weighted by Gasteiger charge is 2.01. The first-order chi connectivity index (χ1) is 7.22. The monoisotopic (exact) mass is 227 g/mol. The highest BCUT2D eigenvalue weighted by molar-refractivity contribution is 6.30. The summed E-state index contributed by atoms with van der Waals surface area (Å²) < 4.78 is 5.25. The largest absolute Gasteiger partial charge is 0.484 e. The zero-order valence-corrected chi connectivity index (χ0v) is 9.38. The first kappa shape index (κ1) is 11.9. The van der Waals surface area contributed by atoms with Gasteiger partial charge in [0.15, 0.2) is 6.61 Å². The van der Waals surface area contributed by atoms with Gasteiger partial charge in [-0.05, 0) is 24.6 Å². The predicted octanol–water partition coefficient (Wildman–Crippen LogP) is 2.25. The summed E-state index contributed by atoms with van der Waals surface area (Å²) in [6, 6.07) is 6.97. The van der Waals surface area contributed by atoms with Gasteiger partial charge in [0, 0.05) is 11.6 Å². The van der Waals surface area contributed by atoms with E-state index >= 15 is 0 Å². The van der Waals surface area contributed by atoms with Crippen molar-refractivity contribution >= 4 is 17.5 Å². The summed E-state index contributed by atoms with van der Waals surface area (Å²) in [6.45, 7) is 2.70. The lowest BCUT2D eigenvalue weighted by atomic mass is 10.3. The SMILES string of the molecule is CCCNC(=O)COc1cccc(Cl)c1. The van der Waals surface area contributed by atoms with Crippen LogP contribution >= 0.6 is 11.6 Å². The van der Waals surface area contributed by atoms with E-state index < -0.39 is 0 Å². The van der Waals surface area contributed by atoms with Crippen LogP contribution in [0.4, 0.5) is 0 Å². The molecule has 0 aliphatic rings. The smallest absolute Gasteiger partial charge is 0.257 e. The fraction of sp³-hybridized carbons (Fsp3) is 0.364. The zero-order chi connectivity index (χ0) is 11.1. The number of carbonyl (C=O) groups excluding carboxylic acids is 1. The summed E-state index contributed by atoms with van der Waals surface area (Å²) in [4.78, 5) is 11.2. The number of hydrogen-bond acceptors (Lipinski definition) is 2. The molecule has 0 atom stereocenters. The summed E-state index contributed by atoms with van der Waals surface area (Å²) >= 11 is 5.76. The first-order valence-electron chi connectivity index (χ1n) is 4.87. The molecule has 0 fully saturated rings. The Hall–Kier alpha value is -1.22. The third-order valence-electron chi connectivity index (χ3n) is 1.74. The highest BCUT2D eigenvalue weighted by atomic mass is 35.5. The minimum Gasteiger partial charge on any atom is -0.484 e. The number of rotatable bonds is 5. The Morgan fingerprint density at radius 3 is 3.00 bits per heavy atom. The Kier molecular flexibility index (Phi) is 4.98. The van der Waals surface area contributed by atoms with Crippen LogP contribution < -0.4 is 10.1 Å². The summed E-state index contributed by atoms with van der Waals surface area (Å²) in [7, 11) is 0. The van der Waals surface area contributed by atoms with Crippen LogP contribution in [0.3, 0.4) is 0 Å². The van der Waals surface area contributed by atoms with Crippen molar-refractivity contribution in [3.63, 3.8) is 0 Å². The standard InChI is InChI=1S/C11H14ClNO2/c1-2-6-13-11(14)8-15-10-5-3-4-9(12)7-10/h3-5,7H,2,6,8H2,1H3,(H,13,14). The van der Waals surface area contributed by atoms with E-state index in [0.717, 1.165) is 6.42 Å². The van der Waals surface area contributed by atoms with Gasteiger partial charge >= 0.3 is 0 Å². The van der Waals surface area contributed by atoms with Crippen molar-refractivity contribution in [3.8, 4) is 5.75 Å². The van der Waals surface area contributed by atoms with Crippen molar-refractivity contribution in [2.75, 3.05) is 13.2 Å². The molecule has 1 amide bonds. The van der Waals surface area contributed by atoms with Gasteiger partial charge in [-0.1, -0.05) is 24.6 Å². The highest BCUT2D eigenvalue weighted by Crippen LogP contribution is 2.16. The number of nitrogens with one attached hydrogen (secondary N) is 1. The Morgan fingerprint density at radius 1 is 1.53 bits per heavy atom. The Morgan fingerprint density at radius 2 is 2.33 bits per heavy atom. The molecule has 0 spiro atoms. The van der Waals surface area contributed by atoms with E-state index in [2.05, 4.69) is 5.32 Å². The van der Waals surface area contributed by atoms with Gasteiger partial charge < -0.3 is 10.1 Å². The van der Waals surface area contributed by atoms with Gasteiger partial charge in [0.25, 0.3) is 5.91 Å². The van der Waals surface area contributed by atoms with Crippen LogP contribution in [-0.4, -0.2) is 19.1 Å². The van der Waals surface area contributed by atoms with Gasteiger partial charge in [-0.15, -0.1) is 0 Å². The quantitative estimate of drug-likeness (QED) is 0.838. The molecule has 3 nitrogen and oxygen atoms in total. The molecule has 1 rings (SSSR count). The van der Waals surface area contributed by atoms with Gasteiger partial charge in [0.1, 0.15) is 5.75 Å². The normalized spacial score (nSPS) is 9.73. The molecule has 1 N–H and O–H groups in total. The summed E-state index contributed by atoms with van der Waals surface area (Å²) in [5.74, 6) is 0.492. The molecule has 0 saturated carbocycles. The maximum Gasteiger partial charge on any atom is 0.257 e. The molecule has 0 radical (unpaired) electrons. The van der Waals surface area contributed by atoms with Gasteiger partial charge in [0.05, 0.1) is 0 Å². The number of ether oxygens (including phenoxy) is 1. The molecule has 1 aromatic rings. The molecule has 0 aliphatic heterocycles. The second-order valence-corrected chi connectivity index (χ2v) is 3.53. The lowest BCUT2D eigenvalue weighted by molar-refractivity contribution is -0.123. The lowest BCUT2D eigenvalue weighted by Gasteiger charge is -2.06. The number of hydrogen-bond donors (Lipinski definition) is 1. The Labute approximate surface area is 94.4 Å². The molecule has 0 aliphatic carbocycles. The maximum atomic E-state index is 11.2. The van der Waals surface area contributed by atoms with E-state index in [1.165, 1.54) is 0 Å². The number of halogens is 1. The van der Waals surface area contributed by atoms with Crippen LogP contribution in [0.5, 0.6) is 5.75 Å². The topological polar surface area (TPSA) is 38.3 Å². The molecule has 4 heteroatoms. The number of amides is 1. The molecular formula is C11H14ClNO2. The van der Waals surface area contributed by atoms with Crippen LogP contribution in [0.1, 0.15) is 13.3 Å². The van der Waals surface area contributed by atoms with E-state index in [9.17, 15) is 4.79 Å². The molecular weight excluding hydrogens is 214 g/mol. The average molecular weight is 228 g/mol. The molecule has 0 bridgehead atoms. The summed E-state index contributed by atoms with van der Waals surface area (Å²) in [5, 5.41) is 3.32. The molecule has 0 heterocycles. The molecule has 0 saturated heterocycles. The fourth-order valence-corrected chi connectivity index (χ4v) is 1.20. The zero-order valence-electron chi connectivity index (χ0n) is 8.63. The van der Waals surface area contributed by atoms with Gasteiger partial charge in [-0.3, -0.25) is 4.79 Å². The van der Waals surface area contributed by atoms with Crippen molar-refractivity contribution < 1.29 is 9.53 Å². The summed E-state index contributed by atoms with van der Waals surface area (Å²) in [5.41, 5.74) is 0.